The van der Waals surface area contributed by atoms with Crippen LogP contribution in [0.15, 0.2) is 60.9 Å². The molecule has 1 aromatic heterocycles. The monoisotopic (exact) mass is 383 g/mol. The molecule has 0 saturated heterocycles. The van der Waals surface area contributed by atoms with Gasteiger partial charge in [0.2, 0.25) is 0 Å². The van der Waals surface area contributed by atoms with Gasteiger partial charge in [-0.25, -0.2) is 9.97 Å². The molecule has 2 aromatic carbocycles. The highest BCUT2D eigenvalue weighted by Gasteiger charge is 2.30. The van der Waals surface area contributed by atoms with E-state index < -0.39 is 17.6 Å². The van der Waals surface area contributed by atoms with Crippen LogP contribution in [0.1, 0.15) is 21.6 Å². The van der Waals surface area contributed by atoms with E-state index in [1.54, 1.807) is 24.3 Å². The third-order valence-electron chi connectivity index (χ3n) is 3.63. The minimum Gasteiger partial charge on any atom is -0.340 e. The van der Waals surface area contributed by atoms with Gasteiger partial charge in [0, 0.05) is 17.4 Å². The van der Waals surface area contributed by atoms with Crippen molar-refractivity contribution in [3.63, 3.8) is 0 Å². The Bertz CT molecular complexity index is 1040. The number of carbonyl (C=O) groups is 1. The first-order valence-corrected chi connectivity index (χ1v) is 7.93. The van der Waals surface area contributed by atoms with Gasteiger partial charge in [-0.3, -0.25) is 4.79 Å². The van der Waals surface area contributed by atoms with Crippen LogP contribution in [0, 0.1) is 11.3 Å². The number of halogens is 3. The lowest BCUT2D eigenvalue weighted by molar-refractivity contribution is -0.137. The summed E-state index contributed by atoms with van der Waals surface area (Å²) >= 11 is 0. The molecule has 0 fully saturated rings. The topological polar surface area (TPSA) is 90.7 Å². The first kappa shape index (κ1) is 18.8. The number of carbonyl (C=O) groups excluding carboxylic acids is 1. The van der Waals surface area contributed by atoms with Crippen LogP contribution in [0.3, 0.4) is 0 Å². The summed E-state index contributed by atoms with van der Waals surface area (Å²) in [6.07, 6.45) is -3.27. The zero-order chi connectivity index (χ0) is 20.1. The Hall–Kier alpha value is -3.93. The number of nitrogens with zero attached hydrogens (tertiary/aromatic N) is 3. The molecule has 0 bridgehead atoms. The van der Waals surface area contributed by atoms with Crippen molar-refractivity contribution in [3.8, 4) is 6.07 Å². The summed E-state index contributed by atoms with van der Waals surface area (Å²) in [5.74, 6) is -0.279. The summed E-state index contributed by atoms with van der Waals surface area (Å²) in [7, 11) is 0. The number of amides is 1. The third-order valence-corrected chi connectivity index (χ3v) is 3.63. The van der Waals surface area contributed by atoms with Crippen molar-refractivity contribution in [3.05, 3.63) is 77.7 Å². The molecule has 28 heavy (non-hydrogen) atoms. The Morgan fingerprint density at radius 2 is 1.75 bits per heavy atom. The van der Waals surface area contributed by atoms with Gasteiger partial charge in [0.1, 0.15) is 17.8 Å². The van der Waals surface area contributed by atoms with Gasteiger partial charge in [-0.15, -0.1) is 0 Å². The fraction of sp³-hybridized carbons (Fsp3) is 0.0526. The molecule has 1 amide bonds. The molecule has 0 aliphatic rings. The van der Waals surface area contributed by atoms with Crippen LogP contribution in [0.2, 0.25) is 0 Å². The van der Waals surface area contributed by atoms with Crippen molar-refractivity contribution < 1.29 is 18.0 Å². The Balaban J connectivity index is 1.72. The van der Waals surface area contributed by atoms with Crippen molar-refractivity contribution in [1.82, 2.24) is 9.97 Å². The van der Waals surface area contributed by atoms with Crippen LogP contribution >= 0.6 is 0 Å². The van der Waals surface area contributed by atoms with Crippen LogP contribution in [0.25, 0.3) is 0 Å². The van der Waals surface area contributed by atoms with Gasteiger partial charge in [-0.2, -0.15) is 18.4 Å². The molecule has 3 rings (SSSR count). The predicted octanol–water partition coefficient (Wildman–Crippen LogP) is 4.36. The Kier molecular flexibility index (Phi) is 5.22. The number of alkyl halides is 3. The number of hydrogen-bond acceptors (Lipinski definition) is 5. The van der Waals surface area contributed by atoms with E-state index in [0.29, 0.717) is 17.1 Å². The number of nitriles is 1. The molecule has 0 aliphatic carbocycles. The molecule has 1 heterocycles. The number of hydrogen-bond donors (Lipinski definition) is 2. The van der Waals surface area contributed by atoms with Crippen molar-refractivity contribution in [1.29, 1.82) is 5.26 Å². The number of aromatic nitrogens is 2. The van der Waals surface area contributed by atoms with Crippen LogP contribution in [0.5, 0.6) is 0 Å². The average molecular weight is 383 g/mol. The van der Waals surface area contributed by atoms with Gasteiger partial charge in [-0.1, -0.05) is 6.07 Å². The second kappa shape index (κ2) is 7.75. The number of nitrogens with one attached hydrogen (secondary N) is 2. The third kappa shape index (κ3) is 4.62. The predicted molar refractivity (Wildman–Crippen MR) is 95.9 cm³/mol. The lowest BCUT2D eigenvalue weighted by Gasteiger charge is -2.09. The van der Waals surface area contributed by atoms with Gasteiger partial charge in [0.15, 0.2) is 0 Å². The Morgan fingerprint density at radius 3 is 2.43 bits per heavy atom. The number of rotatable bonds is 4. The first-order chi connectivity index (χ1) is 13.3. The van der Waals surface area contributed by atoms with E-state index in [9.17, 15) is 18.0 Å². The van der Waals surface area contributed by atoms with E-state index >= 15 is 0 Å². The molecule has 0 atom stereocenters. The van der Waals surface area contributed by atoms with Gasteiger partial charge >= 0.3 is 6.18 Å². The molecule has 3 aromatic rings. The Morgan fingerprint density at radius 1 is 1.00 bits per heavy atom. The number of benzene rings is 2. The zero-order valence-electron chi connectivity index (χ0n) is 14.2. The summed E-state index contributed by atoms with van der Waals surface area (Å²) in [4.78, 5) is 20.2. The average Bonchev–Trinajstić information content (AvgIpc) is 2.68. The molecule has 140 valence electrons. The van der Waals surface area contributed by atoms with Crippen LogP contribution in [-0.2, 0) is 6.18 Å². The fourth-order valence-corrected chi connectivity index (χ4v) is 2.30. The van der Waals surface area contributed by atoms with E-state index in [1.165, 1.54) is 12.4 Å². The van der Waals surface area contributed by atoms with Crippen molar-refractivity contribution in [2.45, 2.75) is 6.18 Å². The maximum atomic E-state index is 12.6. The SMILES string of the molecule is N#Cc1cccc(Nc2cc(C(=O)Nc3ccc(C(F)(F)F)cc3)ncn2)c1. The summed E-state index contributed by atoms with van der Waals surface area (Å²) < 4.78 is 37.8. The molecule has 0 aliphatic heterocycles. The summed E-state index contributed by atoms with van der Waals surface area (Å²) in [6.45, 7) is 0. The Labute approximate surface area is 157 Å². The van der Waals surface area contributed by atoms with E-state index in [0.717, 1.165) is 24.3 Å². The second-order valence-electron chi connectivity index (χ2n) is 5.64. The standard InChI is InChI=1S/C19H12F3N5O/c20-19(21,22)13-4-6-14(7-5-13)27-18(28)16-9-17(25-11-24-16)26-15-3-1-2-12(8-15)10-23/h1-9,11H,(H,27,28)(H,24,25,26). The normalized spacial score (nSPS) is 10.8. The zero-order valence-corrected chi connectivity index (χ0v) is 14.2. The van der Waals surface area contributed by atoms with Crippen molar-refractivity contribution in [2.24, 2.45) is 0 Å². The van der Waals surface area contributed by atoms with Gasteiger partial charge in [-0.05, 0) is 42.5 Å². The highest BCUT2D eigenvalue weighted by atomic mass is 19.4. The molecule has 6 nitrogen and oxygen atoms in total. The van der Waals surface area contributed by atoms with Crippen LogP contribution < -0.4 is 10.6 Å². The molecule has 0 spiro atoms. The summed E-state index contributed by atoms with van der Waals surface area (Å²) in [6, 6.07) is 14.2. The molecule has 2 N–H and O–H groups in total. The minimum absolute atomic E-state index is 0.0221. The molecule has 0 unspecified atom stereocenters. The van der Waals surface area contributed by atoms with Gasteiger partial charge in [0.25, 0.3) is 5.91 Å². The number of anilines is 3. The maximum absolute atomic E-state index is 12.6. The quantitative estimate of drug-likeness (QED) is 0.698. The van der Waals surface area contributed by atoms with E-state index in [-0.39, 0.29) is 11.4 Å². The van der Waals surface area contributed by atoms with E-state index in [4.69, 9.17) is 5.26 Å². The summed E-state index contributed by atoms with van der Waals surface area (Å²) in [5, 5.41) is 14.4. The fourth-order valence-electron chi connectivity index (χ4n) is 2.30. The highest BCUT2D eigenvalue weighted by molar-refractivity contribution is 6.03. The van der Waals surface area contributed by atoms with Gasteiger partial charge < -0.3 is 10.6 Å². The molecule has 0 radical (unpaired) electrons. The van der Waals surface area contributed by atoms with E-state index in [1.807, 2.05) is 6.07 Å². The molecular weight excluding hydrogens is 371 g/mol. The van der Waals surface area contributed by atoms with E-state index in [2.05, 4.69) is 20.6 Å². The second-order valence-corrected chi connectivity index (χ2v) is 5.64. The van der Waals surface area contributed by atoms with Crippen LogP contribution in [0.4, 0.5) is 30.4 Å². The summed E-state index contributed by atoms with van der Waals surface area (Å²) in [5.41, 5.74) is 0.478. The molecule has 0 saturated carbocycles. The maximum Gasteiger partial charge on any atom is 0.416 e. The van der Waals surface area contributed by atoms with Crippen molar-refractivity contribution >= 4 is 23.1 Å². The lowest BCUT2D eigenvalue weighted by Crippen LogP contribution is -2.14. The molecule has 9 heteroatoms. The lowest BCUT2D eigenvalue weighted by atomic mass is 10.2. The van der Waals surface area contributed by atoms with Crippen molar-refractivity contribution in [2.75, 3.05) is 10.6 Å². The first-order valence-electron chi connectivity index (χ1n) is 7.93. The largest absolute Gasteiger partial charge is 0.416 e. The van der Waals surface area contributed by atoms with Gasteiger partial charge in [0.05, 0.1) is 17.2 Å². The highest BCUT2D eigenvalue weighted by Crippen LogP contribution is 2.29. The smallest absolute Gasteiger partial charge is 0.340 e. The minimum atomic E-state index is -4.45. The van der Waals surface area contributed by atoms with Crippen LogP contribution in [-0.4, -0.2) is 15.9 Å². The molecular formula is C19H12F3N5O.